The minimum atomic E-state index is -0.883. The summed E-state index contributed by atoms with van der Waals surface area (Å²) in [5.41, 5.74) is 0.647. The van der Waals surface area contributed by atoms with Gasteiger partial charge < -0.3 is 10.0 Å². The maximum absolute atomic E-state index is 11.8. The van der Waals surface area contributed by atoms with E-state index in [9.17, 15) is 9.59 Å². The molecule has 86 valence electrons. The minimum absolute atomic E-state index is 0.0130. The molecule has 0 radical (unpaired) electrons. The topological polar surface area (TPSA) is 57.6 Å². The lowest BCUT2D eigenvalue weighted by atomic mass is 10.2. The van der Waals surface area contributed by atoms with Gasteiger partial charge in [0, 0.05) is 18.2 Å². The Hall–Kier alpha value is -1.32. The van der Waals surface area contributed by atoms with Gasteiger partial charge in [-0.05, 0) is 27.7 Å². The van der Waals surface area contributed by atoms with Crippen LogP contribution < -0.4 is 0 Å². The van der Waals surface area contributed by atoms with E-state index in [0.29, 0.717) is 5.57 Å². The molecule has 15 heavy (non-hydrogen) atoms. The van der Waals surface area contributed by atoms with Gasteiger partial charge in [-0.1, -0.05) is 6.08 Å². The molecule has 0 aromatic carbocycles. The summed E-state index contributed by atoms with van der Waals surface area (Å²) in [6.07, 6.45) is 1.72. The Balaban J connectivity index is 4.53. The van der Waals surface area contributed by atoms with Crippen LogP contribution in [-0.4, -0.2) is 34.5 Å². The monoisotopic (exact) mass is 213 g/mol. The zero-order chi connectivity index (χ0) is 12.0. The fraction of sp³-hybridized carbons (Fsp3) is 0.636. The molecule has 0 saturated carbocycles. The summed E-state index contributed by atoms with van der Waals surface area (Å²) in [5.74, 6) is -0.972. The van der Waals surface area contributed by atoms with E-state index in [1.165, 1.54) is 0 Å². The number of hydrogen-bond acceptors (Lipinski definition) is 2. The van der Waals surface area contributed by atoms with Crippen molar-refractivity contribution in [1.29, 1.82) is 0 Å². The molecule has 1 amide bonds. The molecular weight excluding hydrogens is 194 g/mol. The fourth-order valence-corrected chi connectivity index (χ4v) is 1.16. The van der Waals surface area contributed by atoms with Gasteiger partial charge in [0.1, 0.15) is 0 Å². The predicted molar refractivity (Wildman–Crippen MR) is 58.5 cm³/mol. The summed E-state index contributed by atoms with van der Waals surface area (Å²) in [7, 11) is 0. The average molecular weight is 213 g/mol. The van der Waals surface area contributed by atoms with E-state index in [1.54, 1.807) is 24.8 Å². The molecule has 0 aliphatic heterocycles. The van der Waals surface area contributed by atoms with Gasteiger partial charge in [0.25, 0.3) is 0 Å². The fourth-order valence-electron chi connectivity index (χ4n) is 1.16. The first-order chi connectivity index (χ1) is 6.90. The maximum atomic E-state index is 11.8. The highest BCUT2D eigenvalue weighted by Gasteiger charge is 2.18. The van der Waals surface area contributed by atoms with Gasteiger partial charge in [-0.25, -0.2) is 0 Å². The third-order valence-corrected chi connectivity index (χ3v) is 2.22. The SMILES string of the molecule is CC=C(C)C(=O)N(CCC(=O)O)C(C)C. The number of carboxylic acid groups (broad SMARTS) is 1. The van der Waals surface area contributed by atoms with Crippen molar-refractivity contribution in [2.45, 2.75) is 40.2 Å². The highest BCUT2D eigenvalue weighted by molar-refractivity contribution is 5.93. The molecule has 0 aromatic rings. The molecule has 4 heteroatoms. The Morgan fingerprint density at radius 1 is 1.40 bits per heavy atom. The van der Waals surface area contributed by atoms with Gasteiger partial charge in [0.2, 0.25) is 5.91 Å². The van der Waals surface area contributed by atoms with Gasteiger partial charge in [0.15, 0.2) is 0 Å². The van der Waals surface area contributed by atoms with Crippen molar-refractivity contribution in [3.05, 3.63) is 11.6 Å². The first-order valence-corrected chi connectivity index (χ1v) is 5.05. The number of amides is 1. The minimum Gasteiger partial charge on any atom is -0.481 e. The maximum Gasteiger partial charge on any atom is 0.305 e. The lowest BCUT2D eigenvalue weighted by Gasteiger charge is -2.26. The molecule has 0 saturated heterocycles. The standard InChI is InChI=1S/C11H19NO3/c1-5-9(4)11(15)12(8(2)3)7-6-10(13)14/h5,8H,6-7H2,1-4H3,(H,13,14). The van der Waals surface area contributed by atoms with E-state index in [0.717, 1.165) is 0 Å². The second-order valence-corrected chi connectivity index (χ2v) is 3.71. The molecule has 0 aromatic heterocycles. The number of aliphatic carboxylic acids is 1. The van der Waals surface area contributed by atoms with Crippen molar-refractivity contribution in [2.75, 3.05) is 6.54 Å². The van der Waals surface area contributed by atoms with Crippen LogP contribution in [-0.2, 0) is 9.59 Å². The van der Waals surface area contributed by atoms with Gasteiger partial charge in [-0.3, -0.25) is 9.59 Å². The molecule has 4 nitrogen and oxygen atoms in total. The molecule has 0 fully saturated rings. The lowest BCUT2D eigenvalue weighted by Crippen LogP contribution is -2.38. The van der Waals surface area contributed by atoms with Crippen LogP contribution in [0.2, 0.25) is 0 Å². The van der Waals surface area contributed by atoms with Crippen molar-refractivity contribution in [3.63, 3.8) is 0 Å². The highest BCUT2D eigenvalue weighted by atomic mass is 16.4. The van der Waals surface area contributed by atoms with E-state index in [2.05, 4.69) is 0 Å². The molecule has 0 rings (SSSR count). The van der Waals surface area contributed by atoms with Crippen molar-refractivity contribution in [3.8, 4) is 0 Å². The lowest BCUT2D eigenvalue weighted by molar-refractivity contribution is -0.138. The Labute approximate surface area is 90.6 Å². The number of allylic oxidation sites excluding steroid dienone is 1. The first-order valence-electron chi connectivity index (χ1n) is 5.05. The molecule has 1 N–H and O–H groups in total. The van der Waals surface area contributed by atoms with Crippen LogP contribution in [0.15, 0.2) is 11.6 Å². The molecule has 0 unspecified atom stereocenters. The molecule has 0 atom stereocenters. The Morgan fingerprint density at radius 2 is 1.93 bits per heavy atom. The normalized spacial score (nSPS) is 11.7. The Bertz CT molecular complexity index is 269. The van der Waals surface area contributed by atoms with E-state index in [1.807, 2.05) is 13.8 Å². The smallest absolute Gasteiger partial charge is 0.305 e. The number of carbonyl (C=O) groups is 2. The number of hydrogen-bond donors (Lipinski definition) is 1. The first kappa shape index (κ1) is 13.7. The molecule has 0 heterocycles. The van der Waals surface area contributed by atoms with Crippen LogP contribution in [0.25, 0.3) is 0 Å². The van der Waals surface area contributed by atoms with Gasteiger partial charge >= 0.3 is 5.97 Å². The second-order valence-electron chi connectivity index (χ2n) is 3.71. The zero-order valence-corrected chi connectivity index (χ0v) is 9.78. The van der Waals surface area contributed by atoms with Crippen molar-refractivity contribution < 1.29 is 14.7 Å². The van der Waals surface area contributed by atoms with Crippen molar-refractivity contribution in [2.24, 2.45) is 0 Å². The van der Waals surface area contributed by atoms with Crippen LogP contribution in [0.3, 0.4) is 0 Å². The summed E-state index contributed by atoms with van der Waals surface area (Å²) in [6.45, 7) is 7.55. The van der Waals surface area contributed by atoms with E-state index in [4.69, 9.17) is 5.11 Å². The van der Waals surface area contributed by atoms with Gasteiger partial charge in [0.05, 0.1) is 6.42 Å². The molecular formula is C11H19NO3. The van der Waals surface area contributed by atoms with Crippen LogP contribution in [0, 0.1) is 0 Å². The Morgan fingerprint density at radius 3 is 2.27 bits per heavy atom. The number of nitrogens with zero attached hydrogens (tertiary/aromatic N) is 1. The highest BCUT2D eigenvalue weighted by Crippen LogP contribution is 2.07. The van der Waals surface area contributed by atoms with Crippen molar-refractivity contribution in [1.82, 2.24) is 4.90 Å². The summed E-state index contributed by atoms with van der Waals surface area (Å²) in [5, 5.41) is 8.57. The summed E-state index contributed by atoms with van der Waals surface area (Å²) in [6, 6.07) is 0.0201. The predicted octanol–water partition coefficient (Wildman–Crippen LogP) is 1.66. The largest absolute Gasteiger partial charge is 0.481 e. The quantitative estimate of drug-likeness (QED) is 0.707. The summed E-state index contributed by atoms with van der Waals surface area (Å²) < 4.78 is 0. The molecule has 0 spiro atoms. The van der Waals surface area contributed by atoms with Crippen LogP contribution in [0.5, 0.6) is 0 Å². The van der Waals surface area contributed by atoms with Crippen LogP contribution in [0.1, 0.15) is 34.1 Å². The third-order valence-electron chi connectivity index (χ3n) is 2.22. The Kier molecular flexibility index (Phi) is 5.67. The average Bonchev–Trinajstić information content (AvgIpc) is 2.15. The van der Waals surface area contributed by atoms with Crippen molar-refractivity contribution >= 4 is 11.9 Å². The second kappa shape index (κ2) is 6.22. The summed E-state index contributed by atoms with van der Waals surface area (Å²) in [4.78, 5) is 23.8. The molecule has 0 aliphatic rings. The molecule has 0 aliphatic carbocycles. The molecule has 0 bridgehead atoms. The summed E-state index contributed by atoms with van der Waals surface area (Å²) >= 11 is 0. The number of rotatable bonds is 5. The third kappa shape index (κ3) is 4.63. The van der Waals surface area contributed by atoms with E-state index < -0.39 is 5.97 Å². The zero-order valence-electron chi connectivity index (χ0n) is 9.78. The van der Waals surface area contributed by atoms with Gasteiger partial charge in [-0.2, -0.15) is 0 Å². The van der Waals surface area contributed by atoms with Crippen LogP contribution >= 0.6 is 0 Å². The van der Waals surface area contributed by atoms with E-state index >= 15 is 0 Å². The van der Waals surface area contributed by atoms with Crippen LogP contribution in [0.4, 0.5) is 0 Å². The number of carboxylic acids is 1. The van der Waals surface area contributed by atoms with E-state index in [-0.39, 0.29) is 24.9 Å². The number of carbonyl (C=O) groups excluding carboxylic acids is 1. The van der Waals surface area contributed by atoms with Gasteiger partial charge in [-0.15, -0.1) is 0 Å².